The summed E-state index contributed by atoms with van der Waals surface area (Å²) < 4.78 is 5.15. The monoisotopic (exact) mass is 297 g/mol. The Morgan fingerprint density at radius 1 is 1.00 bits per heavy atom. The molecular formula is C19H23NO2. The number of ether oxygens (including phenoxy) is 1. The quantitative estimate of drug-likeness (QED) is 0.799. The molecule has 2 unspecified atom stereocenters. The molecule has 3 heteroatoms. The van der Waals surface area contributed by atoms with Crippen molar-refractivity contribution in [2.45, 2.75) is 31.8 Å². The van der Waals surface area contributed by atoms with E-state index >= 15 is 0 Å². The molecule has 0 radical (unpaired) electrons. The summed E-state index contributed by atoms with van der Waals surface area (Å²) in [6, 6.07) is 18.5. The van der Waals surface area contributed by atoms with Gasteiger partial charge in [-0.25, -0.2) is 0 Å². The Balaban J connectivity index is 1.44. The van der Waals surface area contributed by atoms with E-state index in [0.29, 0.717) is 6.10 Å². The molecule has 0 bridgehead atoms. The molecule has 22 heavy (non-hydrogen) atoms. The van der Waals surface area contributed by atoms with Crippen LogP contribution in [0.15, 0.2) is 54.6 Å². The molecule has 3 nitrogen and oxygen atoms in total. The Bertz CT molecular complexity index is 568. The predicted molar refractivity (Wildman–Crippen MR) is 89.0 cm³/mol. The van der Waals surface area contributed by atoms with Crippen LogP contribution in [0.3, 0.4) is 0 Å². The van der Waals surface area contributed by atoms with Gasteiger partial charge in [0.15, 0.2) is 0 Å². The molecule has 0 amide bonds. The molecule has 2 atom stereocenters. The summed E-state index contributed by atoms with van der Waals surface area (Å²) in [5, 5.41) is 0. The average Bonchev–Trinajstić information content (AvgIpc) is 3.02. The summed E-state index contributed by atoms with van der Waals surface area (Å²) in [4.78, 5) is 5.84. The largest absolute Gasteiger partial charge is 0.497 e. The third-order valence-electron chi connectivity index (χ3n) is 4.29. The fourth-order valence-corrected chi connectivity index (χ4v) is 3.08. The van der Waals surface area contributed by atoms with Gasteiger partial charge in [-0.1, -0.05) is 30.3 Å². The van der Waals surface area contributed by atoms with Gasteiger partial charge in [0.25, 0.3) is 0 Å². The van der Waals surface area contributed by atoms with Crippen molar-refractivity contribution < 1.29 is 9.57 Å². The van der Waals surface area contributed by atoms with Crippen LogP contribution in [-0.2, 0) is 11.3 Å². The van der Waals surface area contributed by atoms with Crippen LogP contribution in [0, 0.1) is 5.92 Å². The molecule has 1 N–H and O–H groups in total. The van der Waals surface area contributed by atoms with E-state index in [2.05, 4.69) is 35.8 Å². The fourth-order valence-electron chi connectivity index (χ4n) is 3.08. The third-order valence-corrected chi connectivity index (χ3v) is 4.29. The van der Waals surface area contributed by atoms with E-state index in [1.165, 1.54) is 12.0 Å². The Kier molecular flexibility index (Phi) is 4.96. The van der Waals surface area contributed by atoms with E-state index in [9.17, 15) is 0 Å². The van der Waals surface area contributed by atoms with Gasteiger partial charge in [-0.05, 0) is 61.4 Å². The maximum absolute atomic E-state index is 5.84. The number of hydrogen-bond donors (Lipinski definition) is 1. The summed E-state index contributed by atoms with van der Waals surface area (Å²) in [6.45, 7) is 0. The van der Waals surface area contributed by atoms with Gasteiger partial charge in [0, 0.05) is 0 Å². The first-order valence-electron chi connectivity index (χ1n) is 7.93. The van der Waals surface area contributed by atoms with E-state index in [1.807, 2.05) is 24.3 Å². The Hall–Kier alpha value is -2.00. The minimum Gasteiger partial charge on any atom is -0.497 e. The van der Waals surface area contributed by atoms with Crippen LogP contribution in [-0.4, -0.2) is 13.2 Å². The molecule has 0 spiro atoms. The van der Waals surface area contributed by atoms with E-state index < -0.39 is 0 Å². The molecule has 0 aliphatic heterocycles. The number of nitrogens with one attached hydrogen (secondary N) is 1. The molecular weight excluding hydrogens is 274 g/mol. The smallest absolute Gasteiger partial charge is 0.119 e. The van der Waals surface area contributed by atoms with Crippen LogP contribution in [0.1, 0.15) is 24.8 Å². The second-order valence-corrected chi connectivity index (χ2v) is 5.94. The van der Waals surface area contributed by atoms with E-state index in [-0.39, 0.29) is 0 Å². The zero-order chi connectivity index (χ0) is 15.2. The van der Waals surface area contributed by atoms with Crippen molar-refractivity contribution in [1.82, 2.24) is 0 Å². The van der Waals surface area contributed by atoms with Gasteiger partial charge in [-0.15, -0.1) is 0 Å². The molecule has 0 saturated heterocycles. The Morgan fingerprint density at radius 2 is 1.77 bits per heavy atom. The number of methoxy groups -OCH3 is 1. The molecule has 1 saturated carbocycles. The van der Waals surface area contributed by atoms with Crippen LogP contribution in [0.5, 0.6) is 5.75 Å². The molecule has 3 rings (SSSR count). The fraction of sp³-hybridized carbons (Fsp3) is 0.368. The third kappa shape index (κ3) is 4.01. The van der Waals surface area contributed by atoms with Gasteiger partial charge >= 0.3 is 0 Å². The molecule has 116 valence electrons. The van der Waals surface area contributed by atoms with Gasteiger partial charge in [0.2, 0.25) is 0 Å². The van der Waals surface area contributed by atoms with E-state index in [1.54, 1.807) is 7.11 Å². The topological polar surface area (TPSA) is 30.5 Å². The van der Waals surface area contributed by atoms with Gasteiger partial charge in [0.1, 0.15) is 5.75 Å². The van der Waals surface area contributed by atoms with Gasteiger partial charge in [-0.3, -0.25) is 10.3 Å². The summed E-state index contributed by atoms with van der Waals surface area (Å²) in [7, 11) is 1.67. The lowest BCUT2D eigenvalue weighted by Gasteiger charge is -2.14. The standard InChI is InChI=1S/C19H23NO2/c1-21-18-11-8-17(9-12-18)20-22-19-10-7-16(14-19)13-15-5-3-2-4-6-15/h2-6,8-9,11-12,16,19-20H,7,10,13-14H2,1H3. The highest BCUT2D eigenvalue weighted by molar-refractivity contribution is 5.44. The molecule has 1 fully saturated rings. The average molecular weight is 297 g/mol. The lowest BCUT2D eigenvalue weighted by Crippen LogP contribution is -2.14. The first-order valence-corrected chi connectivity index (χ1v) is 7.93. The highest BCUT2D eigenvalue weighted by Crippen LogP contribution is 2.30. The van der Waals surface area contributed by atoms with Crippen molar-refractivity contribution in [3.8, 4) is 5.75 Å². The molecule has 2 aromatic carbocycles. The maximum atomic E-state index is 5.84. The normalized spacial score (nSPS) is 20.8. The minimum atomic E-state index is 0.302. The van der Waals surface area contributed by atoms with Crippen LogP contribution in [0.4, 0.5) is 5.69 Å². The van der Waals surface area contributed by atoms with Crippen molar-refractivity contribution in [3.05, 3.63) is 60.2 Å². The van der Waals surface area contributed by atoms with Crippen LogP contribution < -0.4 is 10.2 Å². The maximum Gasteiger partial charge on any atom is 0.119 e. The van der Waals surface area contributed by atoms with Crippen LogP contribution in [0.2, 0.25) is 0 Å². The number of rotatable bonds is 6. The van der Waals surface area contributed by atoms with Crippen LogP contribution >= 0.6 is 0 Å². The number of benzene rings is 2. The van der Waals surface area contributed by atoms with E-state index in [4.69, 9.17) is 9.57 Å². The van der Waals surface area contributed by atoms with E-state index in [0.717, 1.165) is 36.6 Å². The van der Waals surface area contributed by atoms with Crippen molar-refractivity contribution in [2.24, 2.45) is 5.92 Å². The number of anilines is 1. The second kappa shape index (κ2) is 7.32. The Morgan fingerprint density at radius 3 is 2.50 bits per heavy atom. The second-order valence-electron chi connectivity index (χ2n) is 5.94. The van der Waals surface area contributed by atoms with Gasteiger partial charge < -0.3 is 4.74 Å². The molecule has 0 aromatic heterocycles. The lowest BCUT2D eigenvalue weighted by atomic mass is 9.98. The van der Waals surface area contributed by atoms with Crippen molar-refractivity contribution >= 4 is 5.69 Å². The SMILES string of the molecule is COc1ccc(NOC2CCC(Cc3ccccc3)C2)cc1. The highest BCUT2D eigenvalue weighted by atomic mass is 16.7. The minimum absolute atomic E-state index is 0.302. The highest BCUT2D eigenvalue weighted by Gasteiger charge is 2.25. The number of hydrogen-bond acceptors (Lipinski definition) is 3. The summed E-state index contributed by atoms with van der Waals surface area (Å²) >= 11 is 0. The summed E-state index contributed by atoms with van der Waals surface area (Å²) in [5.74, 6) is 1.58. The Labute approximate surface area is 132 Å². The zero-order valence-electron chi connectivity index (χ0n) is 13.0. The van der Waals surface area contributed by atoms with Gasteiger partial charge in [-0.2, -0.15) is 0 Å². The predicted octanol–water partition coefficient (Wildman–Crippen LogP) is 4.45. The first-order chi connectivity index (χ1) is 10.8. The molecule has 0 heterocycles. The van der Waals surface area contributed by atoms with Gasteiger partial charge in [0.05, 0.1) is 18.9 Å². The molecule has 1 aliphatic carbocycles. The van der Waals surface area contributed by atoms with Crippen molar-refractivity contribution in [3.63, 3.8) is 0 Å². The van der Waals surface area contributed by atoms with Crippen LogP contribution in [0.25, 0.3) is 0 Å². The summed E-state index contributed by atoms with van der Waals surface area (Å²) in [6.07, 6.45) is 4.95. The zero-order valence-corrected chi connectivity index (χ0v) is 13.0. The van der Waals surface area contributed by atoms with Crippen molar-refractivity contribution in [2.75, 3.05) is 12.6 Å². The first kappa shape index (κ1) is 14.9. The lowest BCUT2D eigenvalue weighted by molar-refractivity contribution is 0.102. The van der Waals surface area contributed by atoms with Crippen molar-refractivity contribution in [1.29, 1.82) is 0 Å². The molecule has 2 aromatic rings. The summed E-state index contributed by atoms with van der Waals surface area (Å²) in [5.41, 5.74) is 5.46. The molecule has 1 aliphatic rings.